The predicted molar refractivity (Wildman–Crippen MR) is 124 cm³/mol. The molecule has 3 heterocycles. The average molecular weight is 456 g/mol. The Bertz CT molecular complexity index is 1560. The van der Waals surface area contributed by atoms with E-state index >= 15 is 0 Å². The van der Waals surface area contributed by atoms with Crippen LogP contribution in [0.4, 0.5) is 4.39 Å². The highest BCUT2D eigenvalue weighted by atomic mass is 35.5. The molecule has 1 aliphatic rings. The molecule has 160 valence electrons. The van der Waals surface area contributed by atoms with Crippen molar-refractivity contribution in [3.63, 3.8) is 0 Å². The zero-order valence-corrected chi connectivity index (χ0v) is 17.9. The lowest BCUT2D eigenvalue weighted by Gasteiger charge is -2.20. The van der Waals surface area contributed by atoms with Crippen LogP contribution < -0.4 is 4.74 Å². The molecule has 0 atom stereocenters. The minimum atomic E-state index is -0.416. The van der Waals surface area contributed by atoms with Crippen LogP contribution >= 0.6 is 11.6 Å². The second-order valence-electron chi connectivity index (χ2n) is 7.80. The number of carbonyl (C=O) groups is 1. The first kappa shape index (κ1) is 19.7. The van der Waals surface area contributed by atoms with Gasteiger partial charge in [-0.3, -0.25) is 9.78 Å². The van der Waals surface area contributed by atoms with Crippen LogP contribution in [0.3, 0.4) is 0 Å². The Morgan fingerprint density at radius 1 is 1.00 bits per heavy atom. The average Bonchev–Trinajstić information content (AvgIpc) is 3.22. The molecule has 2 aromatic heterocycles. The van der Waals surface area contributed by atoms with Gasteiger partial charge in [-0.05, 0) is 42.5 Å². The normalized spacial score (nSPS) is 12.2. The number of carbonyl (C=O) groups excluding carboxylic acids is 1. The molecule has 0 N–H and O–H groups in total. The van der Waals surface area contributed by atoms with Crippen molar-refractivity contribution in [2.24, 2.45) is 0 Å². The Balaban J connectivity index is 1.56. The molecular weight excluding hydrogens is 441 g/mol. The van der Waals surface area contributed by atoms with Gasteiger partial charge in [-0.2, -0.15) is 0 Å². The van der Waals surface area contributed by atoms with Gasteiger partial charge in [0, 0.05) is 44.4 Å². The van der Waals surface area contributed by atoms with E-state index in [9.17, 15) is 9.18 Å². The van der Waals surface area contributed by atoms with Gasteiger partial charge in [0.25, 0.3) is 0 Å². The van der Waals surface area contributed by atoms with E-state index in [1.807, 2.05) is 24.3 Å². The number of furan rings is 1. The van der Waals surface area contributed by atoms with Crippen molar-refractivity contribution in [2.45, 2.75) is 6.61 Å². The molecule has 0 amide bonds. The molecule has 0 unspecified atom stereocenters. The molecule has 5 aromatic rings. The third-order valence-corrected chi connectivity index (χ3v) is 5.96. The first-order chi connectivity index (χ1) is 16.1. The van der Waals surface area contributed by atoms with Gasteiger partial charge >= 0.3 is 0 Å². The van der Waals surface area contributed by atoms with Gasteiger partial charge in [0.05, 0.1) is 5.69 Å². The molecule has 6 heteroatoms. The van der Waals surface area contributed by atoms with Crippen molar-refractivity contribution in [3.05, 3.63) is 107 Å². The molecule has 0 saturated heterocycles. The number of ketones is 1. The third kappa shape index (κ3) is 3.29. The van der Waals surface area contributed by atoms with Gasteiger partial charge in [0.2, 0.25) is 5.78 Å². The van der Waals surface area contributed by atoms with Crippen LogP contribution in [-0.2, 0) is 6.61 Å². The molecule has 1 aliphatic heterocycles. The van der Waals surface area contributed by atoms with E-state index in [0.717, 1.165) is 16.8 Å². The highest BCUT2D eigenvalue weighted by Crippen LogP contribution is 2.41. The molecule has 0 bridgehead atoms. The molecular formula is C27H15ClFNO3. The maximum absolute atomic E-state index is 14.2. The molecule has 4 nitrogen and oxygen atoms in total. The summed E-state index contributed by atoms with van der Waals surface area (Å²) in [5.41, 5.74) is 4.47. The van der Waals surface area contributed by atoms with Gasteiger partial charge in [-0.15, -0.1) is 0 Å². The Hall–Kier alpha value is -3.96. The summed E-state index contributed by atoms with van der Waals surface area (Å²) in [5, 5.41) is 1.10. The van der Waals surface area contributed by atoms with Crippen LogP contribution in [0.25, 0.3) is 33.4 Å². The quantitative estimate of drug-likeness (QED) is 0.273. The maximum Gasteiger partial charge on any atom is 0.228 e. The van der Waals surface area contributed by atoms with Crippen molar-refractivity contribution >= 4 is 28.4 Å². The summed E-state index contributed by atoms with van der Waals surface area (Å²) < 4.78 is 26.0. The fraction of sp³-hybridized carbons (Fsp3) is 0.0370. The SMILES string of the molecule is O=C(c1ccccc1)c1oc2ccc(F)cc2c1-c1cnc2c(c1)COc1ccc(Cl)cc1-2. The Kier molecular flexibility index (Phi) is 4.52. The minimum Gasteiger partial charge on any atom is -0.488 e. The number of nitrogens with zero attached hydrogens (tertiary/aromatic N) is 1. The van der Waals surface area contributed by atoms with E-state index in [0.29, 0.717) is 45.0 Å². The van der Waals surface area contributed by atoms with Crippen molar-refractivity contribution in [2.75, 3.05) is 0 Å². The monoisotopic (exact) mass is 455 g/mol. The van der Waals surface area contributed by atoms with Crippen LogP contribution in [0.1, 0.15) is 21.7 Å². The zero-order chi connectivity index (χ0) is 22.5. The number of fused-ring (bicyclic) bond motifs is 4. The third-order valence-electron chi connectivity index (χ3n) is 5.73. The Morgan fingerprint density at radius 3 is 2.70 bits per heavy atom. The number of aromatic nitrogens is 1. The number of hydrogen-bond donors (Lipinski definition) is 0. The summed E-state index contributed by atoms with van der Waals surface area (Å²) in [6, 6.07) is 20.4. The molecule has 0 spiro atoms. The van der Waals surface area contributed by atoms with Crippen molar-refractivity contribution in [3.8, 4) is 28.1 Å². The molecule has 0 fully saturated rings. The number of hydrogen-bond acceptors (Lipinski definition) is 4. The van der Waals surface area contributed by atoms with Crippen molar-refractivity contribution in [1.82, 2.24) is 4.98 Å². The maximum atomic E-state index is 14.2. The fourth-order valence-corrected chi connectivity index (χ4v) is 4.38. The molecule has 0 radical (unpaired) electrons. The number of pyridine rings is 1. The number of halogens is 2. The summed E-state index contributed by atoms with van der Waals surface area (Å²) >= 11 is 6.18. The summed E-state index contributed by atoms with van der Waals surface area (Å²) in [6.45, 7) is 0.316. The van der Waals surface area contributed by atoms with E-state index in [1.54, 1.807) is 36.5 Å². The number of rotatable bonds is 3. The smallest absolute Gasteiger partial charge is 0.228 e. The highest BCUT2D eigenvalue weighted by Gasteiger charge is 2.26. The number of ether oxygens (including phenoxy) is 1. The Labute approximate surface area is 193 Å². The van der Waals surface area contributed by atoms with Gasteiger partial charge in [-0.1, -0.05) is 41.9 Å². The molecule has 3 aromatic carbocycles. The van der Waals surface area contributed by atoms with Crippen LogP contribution in [-0.4, -0.2) is 10.8 Å². The van der Waals surface area contributed by atoms with Gasteiger partial charge in [0.1, 0.15) is 23.8 Å². The summed E-state index contributed by atoms with van der Waals surface area (Å²) in [4.78, 5) is 18.0. The van der Waals surface area contributed by atoms with Crippen molar-refractivity contribution in [1.29, 1.82) is 0 Å². The van der Waals surface area contributed by atoms with E-state index in [1.165, 1.54) is 18.2 Å². The molecule has 0 aliphatic carbocycles. The second-order valence-corrected chi connectivity index (χ2v) is 8.24. The minimum absolute atomic E-state index is 0.142. The van der Waals surface area contributed by atoms with Crippen LogP contribution in [0.2, 0.25) is 5.02 Å². The number of benzene rings is 3. The zero-order valence-electron chi connectivity index (χ0n) is 17.1. The van der Waals surface area contributed by atoms with Gasteiger partial charge < -0.3 is 9.15 Å². The largest absolute Gasteiger partial charge is 0.488 e. The molecule has 0 saturated carbocycles. The van der Waals surface area contributed by atoms with Crippen LogP contribution in [0.15, 0.2) is 83.4 Å². The molecule has 33 heavy (non-hydrogen) atoms. The van der Waals surface area contributed by atoms with E-state index < -0.39 is 5.82 Å². The lowest BCUT2D eigenvalue weighted by atomic mass is 9.95. The van der Waals surface area contributed by atoms with Crippen LogP contribution in [0.5, 0.6) is 5.75 Å². The topological polar surface area (TPSA) is 52.3 Å². The fourth-order valence-electron chi connectivity index (χ4n) is 4.21. The standard InChI is InChI=1S/C27H15ClFNO3/c28-18-6-8-22-21(11-18)25-17(14-32-22)10-16(13-30-25)24-20-12-19(29)7-9-23(20)33-27(24)26(31)15-4-2-1-3-5-15/h1-13H,14H2. The lowest BCUT2D eigenvalue weighted by molar-refractivity contribution is 0.101. The van der Waals surface area contributed by atoms with Crippen LogP contribution in [0, 0.1) is 5.82 Å². The van der Waals surface area contributed by atoms with E-state index in [2.05, 4.69) is 4.98 Å². The summed E-state index contributed by atoms with van der Waals surface area (Å²) in [5.74, 6) is 0.154. The van der Waals surface area contributed by atoms with E-state index in [-0.39, 0.29) is 11.5 Å². The highest BCUT2D eigenvalue weighted by molar-refractivity contribution is 6.31. The van der Waals surface area contributed by atoms with Crippen molar-refractivity contribution < 1.29 is 18.3 Å². The lowest BCUT2D eigenvalue weighted by Crippen LogP contribution is -2.08. The first-order valence-electron chi connectivity index (χ1n) is 10.3. The Morgan fingerprint density at radius 2 is 1.85 bits per heavy atom. The second kappa shape index (κ2) is 7.57. The molecule has 6 rings (SSSR count). The summed E-state index contributed by atoms with van der Waals surface area (Å²) in [7, 11) is 0. The predicted octanol–water partition coefficient (Wildman–Crippen LogP) is 7.08. The van der Waals surface area contributed by atoms with Gasteiger partial charge in [-0.25, -0.2) is 4.39 Å². The van der Waals surface area contributed by atoms with E-state index in [4.69, 9.17) is 20.8 Å². The first-order valence-corrected chi connectivity index (χ1v) is 10.7. The summed E-state index contributed by atoms with van der Waals surface area (Å²) in [6.07, 6.45) is 1.67. The van der Waals surface area contributed by atoms with Gasteiger partial charge in [0.15, 0.2) is 5.76 Å².